The van der Waals surface area contributed by atoms with Crippen molar-refractivity contribution >= 4 is 11.9 Å². The average Bonchev–Trinajstić information content (AvgIpc) is 2.73. The third kappa shape index (κ3) is 5.78. The summed E-state index contributed by atoms with van der Waals surface area (Å²) >= 11 is 0. The SMILES string of the molecule is COc1cc(C=NNc2ccccc2)ccc1OCCOc1ccccc1. The lowest BCUT2D eigenvalue weighted by Crippen LogP contribution is -2.09. The summed E-state index contributed by atoms with van der Waals surface area (Å²) < 4.78 is 16.8. The third-order valence-corrected chi connectivity index (χ3v) is 3.72. The predicted octanol–water partition coefficient (Wildman–Crippen LogP) is 4.60. The molecule has 0 unspecified atom stereocenters. The topological polar surface area (TPSA) is 52.1 Å². The molecule has 0 bridgehead atoms. The molecular weight excluding hydrogens is 340 g/mol. The number of anilines is 1. The molecule has 0 aromatic heterocycles. The van der Waals surface area contributed by atoms with Gasteiger partial charge in [-0.05, 0) is 48.0 Å². The Morgan fingerprint density at radius 1 is 0.815 bits per heavy atom. The Labute approximate surface area is 159 Å². The molecule has 1 N–H and O–H groups in total. The van der Waals surface area contributed by atoms with Crippen LogP contribution >= 0.6 is 0 Å². The van der Waals surface area contributed by atoms with Crippen molar-refractivity contribution in [1.82, 2.24) is 0 Å². The molecule has 0 saturated carbocycles. The molecule has 0 atom stereocenters. The fourth-order valence-corrected chi connectivity index (χ4v) is 2.41. The van der Waals surface area contributed by atoms with Crippen molar-refractivity contribution in [2.75, 3.05) is 25.7 Å². The molecule has 3 aromatic rings. The standard InChI is InChI=1S/C22H22N2O3/c1-25-22-16-18(17-23-24-19-8-4-2-5-9-19)12-13-21(22)27-15-14-26-20-10-6-3-7-11-20/h2-13,16-17,24H,14-15H2,1H3. The molecule has 0 aliphatic rings. The number of hydrogen-bond donors (Lipinski definition) is 1. The summed E-state index contributed by atoms with van der Waals surface area (Å²) in [6.45, 7) is 0.881. The summed E-state index contributed by atoms with van der Waals surface area (Å²) in [5.74, 6) is 2.14. The molecule has 0 heterocycles. The molecule has 5 nitrogen and oxygen atoms in total. The molecule has 0 amide bonds. The van der Waals surface area contributed by atoms with Crippen LogP contribution in [-0.2, 0) is 0 Å². The molecule has 0 radical (unpaired) electrons. The Bertz CT molecular complexity index is 852. The van der Waals surface area contributed by atoms with Crippen LogP contribution in [0, 0.1) is 0 Å². The van der Waals surface area contributed by atoms with E-state index in [1.54, 1.807) is 13.3 Å². The average molecular weight is 362 g/mol. The van der Waals surface area contributed by atoms with Crippen LogP contribution in [0.3, 0.4) is 0 Å². The van der Waals surface area contributed by atoms with Crippen molar-refractivity contribution in [3.8, 4) is 17.2 Å². The van der Waals surface area contributed by atoms with Crippen molar-refractivity contribution < 1.29 is 14.2 Å². The van der Waals surface area contributed by atoms with Gasteiger partial charge in [0, 0.05) is 0 Å². The smallest absolute Gasteiger partial charge is 0.161 e. The van der Waals surface area contributed by atoms with E-state index in [0.717, 1.165) is 17.0 Å². The summed E-state index contributed by atoms with van der Waals surface area (Å²) in [6.07, 6.45) is 1.73. The second kappa shape index (κ2) is 9.87. The van der Waals surface area contributed by atoms with Gasteiger partial charge in [0.1, 0.15) is 19.0 Å². The molecule has 0 spiro atoms. The number of rotatable bonds is 9. The zero-order valence-electron chi connectivity index (χ0n) is 15.2. The Kier molecular flexibility index (Phi) is 6.70. The Balaban J connectivity index is 1.52. The van der Waals surface area contributed by atoms with Gasteiger partial charge in [-0.3, -0.25) is 5.43 Å². The number of para-hydroxylation sites is 2. The maximum atomic E-state index is 5.77. The molecular formula is C22H22N2O3. The fourth-order valence-electron chi connectivity index (χ4n) is 2.41. The Morgan fingerprint density at radius 2 is 1.52 bits per heavy atom. The highest BCUT2D eigenvalue weighted by Crippen LogP contribution is 2.27. The van der Waals surface area contributed by atoms with E-state index >= 15 is 0 Å². The highest BCUT2D eigenvalue weighted by Gasteiger charge is 2.05. The first-order valence-corrected chi connectivity index (χ1v) is 8.68. The summed E-state index contributed by atoms with van der Waals surface area (Å²) in [5.41, 5.74) is 4.82. The largest absolute Gasteiger partial charge is 0.493 e. The summed E-state index contributed by atoms with van der Waals surface area (Å²) in [4.78, 5) is 0. The van der Waals surface area contributed by atoms with Crippen molar-refractivity contribution in [3.63, 3.8) is 0 Å². The lowest BCUT2D eigenvalue weighted by atomic mass is 10.2. The first-order valence-electron chi connectivity index (χ1n) is 8.68. The molecule has 0 fully saturated rings. The van der Waals surface area contributed by atoms with E-state index < -0.39 is 0 Å². The van der Waals surface area contributed by atoms with Crippen LogP contribution in [0.1, 0.15) is 5.56 Å². The van der Waals surface area contributed by atoms with Gasteiger partial charge in [0.25, 0.3) is 0 Å². The maximum Gasteiger partial charge on any atom is 0.161 e. The third-order valence-electron chi connectivity index (χ3n) is 3.72. The van der Waals surface area contributed by atoms with Gasteiger partial charge < -0.3 is 14.2 Å². The van der Waals surface area contributed by atoms with Crippen molar-refractivity contribution in [1.29, 1.82) is 0 Å². The van der Waals surface area contributed by atoms with Crippen LogP contribution in [0.2, 0.25) is 0 Å². The van der Waals surface area contributed by atoms with E-state index in [9.17, 15) is 0 Å². The first-order chi connectivity index (χ1) is 13.3. The number of methoxy groups -OCH3 is 1. The molecule has 27 heavy (non-hydrogen) atoms. The number of nitrogens with one attached hydrogen (secondary N) is 1. The second-order valence-electron chi connectivity index (χ2n) is 5.66. The second-order valence-corrected chi connectivity index (χ2v) is 5.66. The fraction of sp³-hybridized carbons (Fsp3) is 0.136. The van der Waals surface area contributed by atoms with Crippen molar-refractivity contribution in [3.05, 3.63) is 84.4 Å². The number of ether oxygens (including phenoxy) is 3. The van der Waals surface area contributed by atoms with Crippen molar-refractivity contribution in [2.45, 2.75) is 0 Å². The van der Waals surface area contributed by atoms with Gasteiger partial charge in [0.2, 0.25) is 0 Å². The van der Waals surface area contributed by atoms with E-state index in [4.69, 9.17) is 14.2 Å². The number of nitrogens with zero attached hydrogens (tertiary/aromatic N) is 1. The molecule has 3 rings (SSSR count). The number of benzene rings is 3. The molecule has 0 saturated heterocycles. The molecule has 0 aliphatic carbocycles. The van der Waals surface area contributed by atoms with E-state index in [1.165, 1.54) is 0 Å². The maximum absolute atomic E-state index is 5.77. The molecule has 5 heteroatoms. The van der Waals surface area contributed by atoms with E-state index in [0.29, 0.717) is 24.7 Å². The van der Waals surface area contributed by atoms with Gasteiger partial charge >= 0.3 is 0 Å². The van der Waals surface area contributed by atoms with Crippen LogP contribution in [0.15, 0.2) is 84.0 Å². The number of hydrazone groups is 1. The van der Waals surface area contributed by atoms with E-state index in [1.807, 2.05) is 78.9 Å². The minimum absolute atomic E-state index is 0.425. The highest BCUT2D eigenvalue weighted by atomic mass is 16.5. The monoisotopic (exact) mass is 362 g/mol. The normalized spacial score (nSPS) is 10.6. The summed E-state index contributed by atoms with van der Waals surface area (Å²) in [5, 5.41) is 4.23. The quantitative estimate of drug-likeness (QED) is 0.343. The Hall–Kier alpha value is -3.47. The van der Waals surface area contributed by atoms with Gasteiger partial charge in [-0.25, -0.2) is 0 Å². The van der Waals surface area contributed by atoms with Crippen LogP contribution in [0.4, 0.5) is 5.69 Å². The highest BCUT2D eigenvalue weighted by molar-refractivity contribution is 5.81. The lowest BCUT2D eigenvalue weighted by molar-refractivity contribution is 0.211. The van der Waals surface area contributed by atoms with E-state index in [-0.39, 0.29) is 0 Å². The number of hydrogen-bond acceptors (Lipinski definition) is 5. The van der Waals surface area contributed by atoms with Gasteiger partial charge in [-0.1, -0.05) is 36.4 Å². The van der Waals surface area contributed by atoms with Gasteiger partial charge in [0.15, 0.2) is 11.5 Å². The minimum atomic E-state index is 0.425. The van der Waals surface area contributed by atoms with E-state index in [2.05, 4.69) is 10.5 Å². The minimum Gasteiger partial charge on any atom is -0.493 e. The van der Waals surface area contributed by atoms with Crippen LogP contribution in [-0.4, -0.2) is 26.5 Å². The first kappa shape index (κ1) is 18.3. The van der Waals surface area contributed by atoms with Crippen LogP contribution < -0.4 is 19.6 Å². The van der Waals surface area contributed by atoms with Crippen LogP contribution in [0.5, 0.6) is 17.2 Å². The summed E-state index contributed by atoms with van der Waals surface area (Å²) in [7, 11) is 1.62. The molecule has 0 aliphatic heterocycles. The lowest BCUT2D eigenvalue weighted by Gasteiger charge is -2.12. The van der Waals surface area contributed by atoms with Gasteiger partial charge in [-0.15, -0.1) is 0 Å². The van der Waals surface area contributed by atoms with Crippen molar-refractivity contribution in [2.24, 2.45) is 5.10 Å². The zero-order chi connectivity index (χ0) is 18.7. The zero-order valence-corrected chi connectivity index (χ0v) is 15.2. The van der Waals surface area contributed by atoms with Crippen LogP contribution in [0.25, 0.3) is 0 Å². The van der Waals surface area contributed by atoms with Gasteiger partial charge in [-0.2, -0.15) is 5.10 Å². The van der Waals surface area contributed by atoms with Gasteiger partial charge in [0.05, 0.1) is 19.0 Å². The molecule has 3 aromatic carbocycles. The predicted molar refractivity (Wildman–Crippen MR) is 108 cm³/mol. The molecule has 138 valence electrons. The Morgan fingerprint density at radius 3 is 2.26 bits per heavy atom. The summed E-state index contributed by atoms with van der Waals surface area (Å²) in [6, 6.07) is 25.1.